The van der Waals surface area contributed by atoms with Crippen molar-refractivity contribution in [1.82, 2.24) is 4.90 Å². The van der Waals surface area contributed by atoms with E-state index in [9.17, 15) is 4.79 Å². The van der Waals surface area contributed by atoms with E-state index in [1.165, 1.54) is 37.7 Å². The minimum absolute atomic E-state index is 0.142. The van der Waals surface area contributed by atoms with Gasteiger partial charge in [-0.15, -0.1) is 0 Å². The summed E-state index contributed by atoms with van der Waals surface area (Å²) in [4.78, 5) is 14.9. The van der Waals surface area contributed by atoms with E-state index in [1.807, 2.05) is 0 Å². The van der Waals surface area contributed by atoms with Crippen molar-refractivity contribution >= 4 is 11.6 Å². The third-order valence-electron chi connectivity index (χ3n) is 5.75. The van der Waals surface area contributed by atoms with Crippen LogP contribution >= 0.6 is 0 Å². The number of fused-ring (bicyclic) bond motifs is 1. The lowest BCUT2D eigenvalue weighted by Crippen LogP contribution is -2.44. The zero-order valence-electron chi connectivity index (χ0n) is 14.6. The largest absolute Gasteiger partial charge is 0.324 e. The molecule has 1 saturated carbocycles. The molecule has 1 amide bonds. The first kappa shape index (κ1) is 16.5. The zero-order chi connectivity index (χ0) is 16.2. The fourth-order valence-corrected chi connectivity index (χ4v) is 4.40. The Labute approximate surface area is 140 Å². The summed E-state index contributed by atoms with van der Waals surface area (Å²) in [5.74, 6) is 1.89. The normalized spacial score (nSPS) is 25.0. The number of likely N-dealkylation sites (tertiary alicyclic amines) is 1. The molecule has 126 valence electrons. The number of rotatable bonds is 4. The Morgan fingerprint density at radius 1 is 1.22 bits per heavy atom. The molecule has 0 bridgehead atoms. The molecule has 1 saturated heterocycles. The molecule has 1 aliphatic carbocycles. The molecule has 1 N–H and O–H groups in total. The molecule has 0 spiro atoms. The number of carbonyl (C=O) groups excluding carboxylic acids is 1. The minimum Gasteiger partial charge on any atom is -0.324 e. The van der Waals surface area contributed by atoms with Crippen molar-refractivity contribution in [1.29, 1.82) is 0 Å². The Bertz CT molecular complexity index is 555. The number of anilines is 1. The van der Waals surface area contributed by atoms with Crippen LogP contribution in [-0.4, -0.2) is 30.4 Å². The molecule has 2 atom stereocenters. The first-order valence-electron chi connectivity index (χ1n) is 9.28. The van der Waals surface area contributed by atoms with Gasteiger partial charge in [-0.05, 0) is 55.7 Å². The smallest absolute Gasteiger partial charge is 0.238 e. The molecule has 3 nitrogen and oxygen atoms in total. The quantitative estimate of drug-likeness (QED) is 0.911. The minimum atomic E-state index is 0.142. The van der Waals surface area contributed by atoms with Crippen LogP contribution in [-0.2, 0) is 11.2 Å². The molecule has 3 rings (SSSR count). The van der Waals surface area contributed by atoms with E-state index in [2.05, 4.69) is 42.3 Å². The van der Waals surface area contributed by atoms with E-state index < -0.39 is 0 Å². The second-order valence-electron chi connectivity index (χ2n) is 7.34. The van der Waals surface area contributed by atoms with Gasteiger partial charge in [-0.1, -0.05) is 44.4 Å². The summed E-state index contributed by atoms with van der Waals surface area (Å²) in [5.41, 5.74) is 3.40. The highest BCUT2D eigenvalue weighted by molar-refractivity contribution is 5.93. The molecule has 0 radical (unpaired) electrons. The van der Waals surface area contributed by atoms with E-state index in [-0.39, 0.29) is 5.91 Å². The Kier molecular flexibility index (Phi) is 5.37. The lowest BCUT2D eigenvalue weighted by atomic mass is 9.75. The van der Waals surface area contributed by atoms with Gasteiger partial charge in [0.05, 0.1) is 6.54 Å². The summed E-state index contributed by atoms with van der Waals surface area (Å²) in [6.07, 6.45) is 7.79. The molecule has 1 aromatic rings. The number of piperidine rings is 1. The summed E-state index contributed by atoms with van der Waals surface area (Å²) < 4.78 is 0. The number of amides is 1. The number of para-hydroxylation sites is 1. The predicted molar refractivity (Wildman–Crippen MR) is 95.7 cm³/mol. The first-order valence-corrected chi connectivity index (χ1v) is 9.28. The molecule has 2 aliphatic rings. The zero-order valence-corrected chi connectivity index (χ0v) is 14.6. The van der Waals surface area contributed by atoms with E-state index in [0.29, 0.717) is 6.54 Å². The average Bonchev–Trinajstić information content (AvgIpc) is 2.56. The highest BCUT2D eigenvalue weighted by Crippen LogP contribution is 2.35. The van der Waals surface area contributed by atoms with Crippen molar-refractivity contribution < 1.29 is 4.79 Å². The van der Waals surface area contributed by atoms with Gasteiger partial charge < -0.3 is 5.32 Å². The maximum absolute atomic E-state index is 12.5. The Morgan fingerprint density at radius 3 is 2.78 bits per heavy atom. The maximum atomic E-state index is 12.5. The predicted octanol–water partition coefficient (Wildman–Crippen LogP) is 4.01. The molecule has 2 fully saturated rings. The van der Waals surface area contributed by atoms with Crippen LogP contribution in [0.1, 0.15) is 50.2 Å². The van der Waals surface area contributed by atoms with Gasteiger partial charge in [-0.2, -0.15) is 0 Å². The molecule has 23 heavy (non-hydrogen) atoms. The lowest BCUT2D eigenvalue weighted by molar-refractivity contribution is -0.118. The molecular weight excluding hydrogens is 284 g/mol. The van der Waals surface area contributed by atoms with Crippen LogP contribution in [0.25, 0.3) is 0 Å². The lowest BCUT2D eigenvalue weighted by Gasteiger charge is -2.41. The van der Waals surface area contributed by atoms with Crippen molar-refractivity contribution in [3.8, 4) is 0 Å². The fraction of sp³-hybridized carbons (Fsp3) is 0.650. The van der Waals surface area contributed by atoms with Crippen LogP contribution in [0.3, 0.4) is 0 Å². The van der Waals surface area contributed by atoms with Gasteiger partial charge in [-0.3, -0.25) is 9.69 Å². The standard InChI is InChI=1S/C20H30N2O/c1-3-16-10-6-7-15(2)20(16)21-19(23)14-22-12-11-17-8-4-5-9-18(17)13-22/h6-7,10,17-18H,3-5,8-9,11-14H2,1-2H3,(H,21,23)/t17-,18+/m0/s1. The van der Waals surface area contributed by atoms with Gasteiger partial charge in [-0.25, -0.2) is 0 Å². The SMILES string of the molecule is CCc1cccc(C)c1NC(=O)CN1CC[C@@H]2CCCC[C@@H]2C1. The number of carbonyl (C=O) groups is 1. The highest BCUT2D eigenvalue weighted by Gasteiger charge is 2.31. The molecule has 0 unspecified atom stereocenters. The maximum Gasteiger partial charge on any atom is 0.238 e. The highest BCUT2D eigenvalue weighted by atomic mass is 16.2. The van der Waals surface area contributed by atoms with Gasteiger partial charge in [0.1, 0.15) is 0 Å². The average molecular weight is 314 g/mol. The first-order chi connectivity index (χ1) is 11.2. The fourth-order valence-electron chi connectivity index (χ4n) is 4.40. The molecule has 1 aromatic carbocycles. The third-order valence-corrected chi connectivity index (χ3v) is 5.75. The Morgan fingerprint density at radius 2 is 2.00 bits per heavy atom. The Hall–Kier alpha value is -1.35. The van der Waals surface area contributed by atoms with Crippen LogP contribution < -0.4 is 5.32 Å². The van der Waals surface area contributed by atoms with Crippen LogP contribution in [0.2, 0.25) is 0 Å². The molecular formula is C20H30N2O. The Balaban J connectivity index is 1.58. The van der Waals surface area contributed by atoms with E-state index in [1.54, 1.807) is 0 Å². The molecule has 0 aromatic heterocycles. The van der Waals surface area contributed by atoms with Gasteiger partial charge >= 0.3 is 0 Å². The van der Waals surface area contributed by atoms with Crippen molar-refractivity contribution in [2.45, 2.75) is 52.4 Å². The second-order valence-corrected chi connectivity index (χ2v) is 7.34. The van der Waals surface area contributed by atoms with Gasteiger partial charge in [0.2, 0.25) is 5.91 Å². The summed E-state index contributed by atoms with van der Waals surface area (Å²) in [6, 6.07) is 6.25. The molecule has 1 aliphatic heterocycles. The number of hydrogen-bond donors (Lipinski definition) is 1. The van der Waals surface area contributed by atoms with Crippen molar-refractivity contribution in [3.05, 3.63) is 29.3 Å². The van der Waals surface area contributed by atoms with Gasteiger partial charge in [0, 0.05) is 12.2 Å². The summed E-state index contributed by atoms with van der Waals surface area (Å²) in [7, 11) is 0. The van der Waals surface area contributed by atoms with E-state index >= 15 is 0 Å². The number of nitrogens with one attached hydrogen (secondary N) is 1. The number of hydrogen-bond acceptors (Lipinski definition) is 2. The molecule has 3 heteroatoms. The van der Waals surface area contributed by atoms with E-state index in [4.69, 9.17) is 0 Å². The van der Waals surface area contributed by atoms with Crippen molar-refractivity contribution in [3.63, 3.8) is 0 Å². The van der Waals surface area contributed by atoms with Gasteiger partial charge in [0.15, 0.2) is 0 Å². The second kappa shape index (κ2) is 7.48. The van der Waals surface area contributed by atoms with Crippen molar-refractivity contribution in [2.75, 3.05) is 25.0 Å². The summed E-state index contributed by atoms with van der Waals surface area (Å²) >= 11 is 0. The summed E-state index contributed by atoms with van der Waals surface area (Å²) in [6.45, 7) is 6.96. The van der Waals surface area contributed by atoms with E-state index in [0.717, 1.165) is 42.6 Å². The van der Waals surface area contributed by atoms with Crippen molar-refractivity contribution in [2.24, 2.45) is 11.8 Å². The number of nitrogens with zero attached hydrogens (tertiary/aromatic N) is 1. The molecule has 1 heterocycles. The third kappa shape index (κ3) is 3.95. The summed E-state index contributed by atoms with van der Waals surface area (Å²) in [5, 5.41) is 3.17. The monoisotopic (exact) mass is 314 g/mol. The number of aryl methyl sites for hydroxylation is 2. The van der Waals surface area contributed by atoms with Crippen LogP contribution in [0.15, 0.2) is 18.2 Å². The van der Waals surface area contributed by atoms with Crippen LogP contribution in [0.4, 0.5) is 5.69 Å². The number of benzene rings is 1. The topological polar surface area (TPSA) is 32.3 Å². The van der Waals surface area contributed by atoms with Crippen LogP contribution in [0.5, 0.6) is 0 Å². The van der Waals surface area contributed by atoms with Crippen LogP contribution in [0, 0.1) is 18.8 Å². The van der Waals surface area contributed by atoms with Gasteiger partial charge in [0.25, 0.3) is 0 Å².